The molecule has 3 heterocycles. The molecule has 52 heavy (non-hydrogen) atoms. The van der Waals surface area contributed by atoms with E-state index in [0.29, 0.717) is 0 Å². The molecule has 0 aliphatic rings. The molecule has 0 amide bonds. The van der Waals surface area contributed by atoms with E-state index in [9.17, 15) is 0 Å². The number of rotatable bonds is 5. The zero-order valence-corrected chi connectivity index (χ0v) is 28.7. The number of furan rings is 2. The predicted octanol–water partition coefficient (Wildman–Crippen LogP) is 14.7. The molecule has 0 radical (unpaired) electrons. The van der Waals surface area contributed by atoms with Gasteiger partial charge in [-0.3, -0.25) is 0 Å². The summed E-state index contributed by atoms with van der Waals surface area (Å²) in [7, 11) is 0. The Labute approximate surface area is 303 Å². The van der Waals surface area contributed by atoms with E-state index in [1.54, 1.807) is 0 Å². The first-order valence-corrected chi connectivity index (χ1v) is 18.3. The van der Waals surface area contributed by atoms with Crippen LogP contribution >= 0.6 is 11.3 Å². The Morgan fingerprint density at radius 3 is 1.88 bits per heavy atom. The largest absolute Gasteiger partial charge is 0.456 e. The molecular weight excluding hydrogens is 655 g/mol. The van der Waals surface area contributed by atoms with Crippen LogP contribution < -0.4 is 4.90 Å². The van der Waals surface area contributed by atoms with Gasteiger partial charge in [0.15, 0.2) is 0 Å². The summed E-state index contributed by atoms with van der Waals surface area (Å²) in [4.78, 5) is 2.31. The quantitative estimate of drug-likeness (QED) is 0.181. The van der Waals surface area contributed by atoms with Crippen molar-refractivity contribution in [2.75, 3.05) is 4.90 Å². The summed E-state index contributed by atoms with van der Waals surface area (Å²) in [5, 5.41) is 7.00. The molecule has 0 spiro atoms. The van der Waals surface area contributed by atoms with Gasteiger partial charge < -0.3 is 13.7 Å². The molecule has 4 heteroatoms. The lowest BCUT2D eigenvalue weighted by Crippen LogP contribution is -2.10. The minimum absolute atomic E-state index is 0.857. The lowest BCUT2D eigenvalue weighted by Gasteiger charge is -2.26. The second-order valence-corrected chi connectivity index (χ2v) is 14.3. The summed E-state index contributed by atoms with van der Waals surface area (Å²) in [5.74, 6) is 0. The van der Waals surface area contributed by atoms with Gasteiger partial charge in [-0.05, 0) is 71.3 Å². The van der Waals surface area contributed by atoms with Crippen molar-refractivity contribution in [3.05, 3.63) is 176 Å². The van der Waals surface area contributed by atoms with Gasteiger partial charge in [0.05, 0.1) is 11.1 Å². The monoisotopic (exact) mass is 683 g/mol. The fraction of sp³-hybridized carbons (Fsp3) is 0. The van der Waals surface area contributed by atoms with E-state index in [1.165, 1.54) is 31.3 Å². The Balaban J connectivity index is 1.09. The van der Waals surface area contributed by atoms with Gasteiger partial charge in [-0.1, -0.05) is 115 Å². The molecule has 0 N–H and O–H groups in total. The van der Waals surface area contributed by atoms with E-state index < -0.39 is 0 Å². The molecule has 0 atom stereocenters. The van der Waals surface area contributed by atoms with Crippen molar-refractivity contribution >= 4 is 92.4 Å². The first-order valence-electron chi connectivity index (χ1n) is 17.5. The number of thiophene rings is 1. The highest BCUT2D eigenvalue weighted by Gasteiger charge is 2.23. The smallest absolute Gasteiger partial charge is 0.145 e. The van der Waals surface area contributed by atoms with E-state index in [4.69, 9.17) is 8.83 Å². The summed E-state index contributed by atoms with van der Waals surface area (Å²) in [6.45, 7) is 0. The maximum Gasteiger partial charge on any atom is 0.145 e. The average Bonchev–Trinajstić information content (AvgIpc) is 3.90. The van der Waals surface area contributed by atoms with Gasteiger partial charge in [-0.25, -0.2) is 0 Å². The van der Waals surface area contributed by atoms with Crippen molar-refractivity contribution < 1.29 is 8.83 Å². The number of hydrogen-bond donors (Lipinski definition) is 0. The second-order valence-electron chi connectivity index (χ2n) is 13.2. The molecule has 0 aliphatic carbocycles. The third kappa shape index (κ3) is 4.45. The summed E-state index contributed by atoms with van der Waals surface area (Å²) >= 11 is 1.86. The lowest BCUT2D eigenvalue weighted by molar-refractivity contribution is 0.669. The van der Waals surface area contributed by atoms with Crippen LogP contribution in [-0.2, 0) is 0 Å². The first-order chi connectivity index (χ1) is 25.8. The summed E-state index contributed by atoms with van der Waals surface area (Å²) in [6, 6.07) is 62.3. The van der Waals surface area contributed by atoms with Crippen LogP contribution in [0.4, 0.5) is 17.1 Å². The minimum atomic E-state index is 0.857. The highest BCUT2D eigenvalue weighted by molar-refractivity contribution is 7.26. The van der Waals surface area contributed by atoms with Crippen LogP contribution in [0.2, 0.25) is 0 Å². The Kier molecular flexibility index (Phi) is 6.42. The number of fused-ring (bicyclic) bond motifs is 9. The Hall–Kier alpha value is -6.62. The molecule has 11 rings (SSSR count). The van der Waals surface area contributed by atoms with Crippen LogP contribution in [0, 0.1) is 0 Å². The number of benzene rings is 8. The fourth-order valence-electron chi connectivity index (χ4n) is 7.89. The molecule has 3 nitrogen and oxygen atoms in total. The lowest BCUT2D eigenvalue weighted by atomic mass is 9.97. The molecular formula is C48H29NO2S. The molecule has 0 saturated heterocycles. The highest BCUT2D eigenvalue weighted by atomic mass is 32.1. The maximum absolute atomic E-state index is 6.77. The predicted molar refractivity (Wildman–Crippen MR) is 219 cm³/mol. The Morgan fingerprint density at radius 2 is 1.06 bits per heavy atom. The molecule has 244 valence electrons. The summed E-state index contributed by atoms with van der Waals surface area (Å²) < 4.78 is 15.8. The van der Waals surface area contributed by atoms with Gasteiger partial charge in [-0.15, -0.1) is 11.3 Å². The standard InChI is InChI=1S/C48H29NO2S/c1-2-11-32(12-3-1)49(33-25-26-37-36-13-4-7-18-42(36)50-44(37)29-33)41-28-27-34(47-46(41)40-15-5-8-19-43(40)51-47)30-21-23-31(24-22-30)35-16-10-17-39-38-14-6-9-20-45(38)52-48(35)39/h1-29H. The van der Waals surface area contributed by atoms with Gasteiger partial charge in [-0.2, -0.15) is 0 Å². The molecule has 11 aromatic rings. The third-order valence-corrected chi connectivity index (χ3v) is 11.5. The number of anilines is 3. The Bertz CT molecular complexity index is 3130. The summed E-state index contributed by atoms with van der Waals surface area (Å²) in [6.07, 6.45) is 0. The zero-order valence-electron chi connectivity index (χ0n) is 27.9. The van der Waals surface area contributed by atoms with Gasteiger partial charge in [0, 0.05) is 59.3 Å². The van der Waals surface area contributed by atoms with Crippen molar-refractivity contribution in [2.45, 2.75) is 0 Å². The van der Waals surface area contributed by atoms with Gasteiger partial charge >= 0.3 is 0 Å². The van der Waals surface area contributed by atoms with Gasteiger partial charge in [0.2, 0.25) is 0 Å². The van der Waals surface area contributed by atoms with Gasteiger partial charge in [0.1, 0.15) is 22.3 Å². The number of para-hydroxylation sites is 3. The first kappa shape index (κ1) is 29.1. The normalized spacial score (nSPS) is 11.8. The molecule has 0 bridgehead atoms. The molecule has 0 saturated carbocycles. The SMILES string of the molecule is c1ccc(N(c2ccc3c(c2)oc2ccccc23)c2ccc(-c3ccc(-c4cccc5c4sc4ccccc45)cc3)c3oc4ccccc4c23)cc1. The molecule has 0 fully saturated rings. The Morgan fingerprint density at radius 1 is 0.404 bits per heavy atom. The summed E-state index contributed by atoms with van der Waals surface area (Å²) in [5.41, 5.74) is 11.2. The molecule has 0 unspecified atom stereocenters. The average molecular weight is 684 g/mol. The molecule has 8 aromatic carbocycles. The minimum Gasteiger partial charge on any atom is -0.456 e. The van der Waals surface area contributed by atoms with Crippen LogP contribution in [0.25, 0.3) is 86.3 Å². The van der Waals surface area contributed by atoms with E-state index in [1.807, 2.05) is 29.5 Å². The van der Waals surface area contributed by atoms with E-state index >= 15 is 0 Å². The number of hydrogen-bond acceptors (Lipinski definition) is 4. The molecule has 0 aliphatic heterocycles. The van der Waals surface area contributed by atoms with Crippen LogP contribution in [0.3, 0.4) is 0 Å². The number of nitrogens with zero attached hydrogens (tertiary/aromatic N) is 1. The van der Waals surface area contributed by atoms with Crippen LogP contribution in [-0.4, -0.2) is 0 Å². The van der Waals surface area contributed by atoms with Crippen molar-refractivity contribution in [2.24, 2.45) is 0 Å². The fourth-order valence-corrected chi connectivity index (χ4v) is 9.12. The van der Waals surface area contributed by atoms with Crippen LogP contribution in [0.15, 0.2) is 185 Å². The van der Waals surface area contributed by atoms with E-state index in [2.05, 4.69) is 163 Å². The topological polar surface area (TPSA) is 29.5 Å². The molecule has 3 aromatic heterocycles. The van der Waals surface area contributed by atoms with Crippen LogP contribution in [0.5, 0.6) is 0 Å². The zero-order chi connectivity index (χ0) is 34.2. The van der Waals surface area contributed by atoms with E-state index in [-0.39, 0.29) is 0 Å². The third-order valence-electron chi connectivity index (χ3n) is 10.3. The van der Waals surface area contributed by atoms with Crippen molar-refractivity contribution in [3.8, 4) is 22.3 Å². The van der Waals surface area contributed by atoms with Crippen molar-refractivity contribution in [3.63, 3.8) is 0 Å². The van der Waals surface area contributed by atoms with Crippen molar-refractivity contribution in [1.82, 2.24) is 0 Å². The van der Waals surface area contributed by atoms with Crippen molar-refractivity contribution in [1.29, 1.82) is 0 Å². The van der Waals surface area contributed by atoms with Crippen LogP contribution in [0.1, 0.15) is 0 Å². The van der Waals surface area contributed by atoms with E-state index in [0.717, 1.165) is 72.1 Å². The maximum atomic E-state index is 6.77. The second kappa shape index (κ2) is 11.5. The van der Waals surface area contributed by atoms with Gasteiger partial charge in [0.25, 0.3) is 0 Å². The highest BCUT2D eigenvalue weighted by Crippen LogP contribution is 2.47.